The van der Waals surface area contributed by atoms with Gasteiger partial charge < -0.3 is 10.0 Å². The van der Waals surface area contributed by atoms with Crippen molar-refractivity contribution in [3.8, 4) is 0 Å². The molecule has 2 aromatic rings. The number of aryl methyl sites for hydroxylation is 2. The fraction of sp³-hybridized carbons (Fsp3) is 0.533. The first-order chi connectivity index (χ1) is 9.92. The molecule has 0 aliphatic rings. The SMILES string of the molecule is CCC(C)N(CC)c1c(C(=O)O)cnc2c1c(C)nn2C. The Morgan fingerprint density at radius 1 is 1.48 bits per heavy atom. The van der Waals surface area contributed by atoms with Crippen LogP contribution in [0.1, 0.15) is 43.2 Å². The molecule has 0 radical (unpaired) electrons. The number of aromatic nitrogens is 3. The molecule has 2 aromatic heterocycles. The summed E-state index contributed by atoms with van der Waals surface area (Å²) in [4.78, 5) is 18.0. The molecule has 0 fully saturated rings. The topological polar surface area (TPSA) is 71.2 Å². The second-order valence-electron chi connectivity index (χ2n) is 5.28. The van der Waals surface area contributed by atoms with Gasteiger partial charge in [-0.15, -0.1) is 0 Å². The molecular weight excluding hydrogens is 268 g/mol. The highest BCUT2D eigenvalue weighted by molar-refractivity contribution is 6.04. The monoisotopic (exact) mass is 290 g/mol. The first-order valence-electron chi connectivity index (χ1n) is 7.24. The standard InChI is InChI=1S/C15H22N4O2/c1-6-9(3)19(7-2)13-11(15(20)21)8-16-14-12(13)10(4)17-18(14)5/h8-9H,6-7H2,1-5H3,(H,20,21). The summed E-state index contributed by atoms with van der Waals surface area (Å²) >= 11 is 0. The molecule has 0 aliphatic carbocycles. The van der Waals surface area contributed by atoms with Gasteiger partial charge in [-0.05, 0) is 27.2 Å². The van der Waals surface area contributed by atoms with E-state index >= 15 is 0 Å². The molecule has 0 spiro atoms. The summed E-state index contributed by atoms with van der Waals surface area (Å²) in [6, 6.07) is 0.248. The Kier molecular flexibility index (Phi) is 4.16. The highest BCUT2D eigenvalue weighted by Crippen LogP contribution is 2.33. The Morgan fingerprint density at radius 2 is 2.14 bits per heavy atom. The molecule has 1 unspecified atom stereocenters. The van der Waals surface area contributed by atoms with Crippen LogP contribution < -0.4 is 4.90 Å². The summed E-state index contributed by atoms with van der Waals surface area (Å²) < 4.78 is 1.70. The van der Waals surface area contributed by atoms with Gasteiger partial charge in [0.05, 0.1) is 16.8 Å². The van der Waals surface area contributed by atoms with E-state index in [2.05, 4.69) is 28.8 Å². The minimum atomic E-state index is -0.954. The first kappa shape index (κ1) is 15.3. The maximum atomic E-state index is 11.6. The second-order valence-corrected chi connectivity index (χ2v) is 5.28. The van der Waals surface area contributed by atoms with E-state index in [0.29, 0.717) is 5.65 Å². The number of hydrogen-bond acceptors (Lipinski definition) is 4. The lowest BCUT2D eigenvalue weighted by Crippen LogP contribution is -2.34. The summed E-state index contributed by atoms with van der Waals surface area (Å²) in [5.41, 5.74) is 2.49. The van der Waals surface area contributed by atoms with Gasteiger partial charge in [0.2, 0.25) is 0 Å². The zero-order valence-electron chi connectivity index (χ0n) is 13.2. The lowest BCUT2D eigenvalue weighted by atomic mass is 10.1. The molecule has 114 valence electrons. The van der Waals surface area contributed by atoms with E-state index in [1.165, 1.54) is 6.20 Å². The summed E-state index contributed by atoms with van der Waals surface area (Å²) in [6.45, 7) is 8.87. The van der Waals surface area contributed by atoms with Crippen molar-refractivity contribution in [1.82, 2.24) is 14.8 Å². The number of aromatic carboxylic acids is 1. The van der Waals surface area contributed by atoms with Gasteiger partial charge in [0.1, 0.15) is 5.56 Å². The van der Waals surface area contributed by atoms with Crippen LogP contribution >= 0.6 is 0 Å². The van der Waals surface area contributed by atoms with Gasteiger partial charge in [0.25, 0.3) is 0 Å². The smallest absolute Gasteiger partial charge is 0.339 e. The van der Waals surface area contributed by atoms with Crippen LogP contribution in [0.4, 0.5) is 5.69 Å². The van der Waals surface area contributed by atoms with E-state index in [1.54, 1.807) is 4.68 Å². The molecular formula is C15H22N4O2. The van der Waals surface area contributed by atoms with Crippen molar-refractivity contribution in [1.29, 1.82) is 0 Å². The fourth-order valence-electron chi connectivity index (χ4n) is 2.76. The van der Waals surface area contributed by atoms with Gasteiger partial charge in [-0.25, -0.2) is 9.78 Å². The third kappa shape index (κ3) is 2.46. The third-order valence-electron chi connectivity index (χ3n) is 3.98. The molecule has 0 aromatic carbocycles. The Bertz CT molecular complexity index is 678. The predicted molar refractivity (Wildman–Crippen MR) is 83.0 cm³/mol. The zero-order chi connectivity index (χ0) is 15.7. The average Bonchev–Trinajstić information content (AvgIpc) is 2.74. The van der Waals surface area contributed by atoms with Gasteiger partial charge in [-0.2, -0.15) is 5.10 Å². The molecule has 6 nitrogen and oxygen atoms in total. The number of anilines is 1. The highest BCUT2D eigenvalue weighted by atomic mass is 16.4. The Hall–Kier alpha value is -2.11. The summed E-state index contributed by atoms with van der Waals surface area (Å²) in [5, 5.41) is 14.7. The summed E-state index contributed by atoms with van der Waals surface area (Å²) in [7, 11) is 1.83. The molecule has 0 aliphatic heterocycles. The molecule has 6 heteroatoms. The molecule has 0 saturated carbocycles. The number of nitrogens with zero attached hydrogens (tertiary/aromatic N) is 4. The van der Waals surface area contributed by atoms with Crippen molar-refractivity contribution in [2.75, 3.05) is 11.4 Å². The molecule has 1 N–H and O–H groups in total. The number of carboxylic acids is 1. The number of hydrogen-bond donors (Lipinski definition) is 1. The van der Waals surface area contributed by atoms with Crippen molar-refractivity contribution in [3.05, 3.63) is 17.5 Å². The van der Waals surface area contributed by atoms with E-state index in [4.69, 9.17) is 0 Å². The molecule has 0 amide bonds. The van der Waals surface area contributed by atoms with Gasteiger partial charge in [0, 0.05) is 25.8 Å². The van der Waals surface area contributed by atoms with Crippen LogP contribution in [0.3, 0.4) is 0 Å². The predicted octanol–water partition coefficient (Wildman–Crippen LogP) is 2.60. The van der Waals surface area contributed by atoms with Crippen molar-refractivity contribution in [2.24, 2.45) is 7.05 Å². The van der Waals surface area contributed by atoms with Crippen LogP contribution in [-0.4, -0.2) is 38.4 Å². The molecule has 2 rings (SSSR count). The first-order valence-corrected chi connectivity index (χ1v) is 7.24. The second kappa shape index (κ2) is 5.71. The average molecular weight is 290 g/mol. The Balaban J connectivity index is 2.84. The Morgan fingerprint density at radius 3 is 2.67 bits per heavy atom. The third-order valence-corrected chi connectivity index (χ3v) is 3.98. The number of carbonyl (C=O) groups is 1. The van der Waals surface area contributed by atoms with E-state index in [-0.39, 0.29) is 11.6 Å². The van der Waals surface area contributed by atoms with E-state index in [9.17, 15) is 9.90 Å². The van der Waals surface area contributed by atoms with Crippen molar-refractivity contribution < 1.29 is 9.90 Å². The van der Waals surface area contributed by atoms with E-state index in [0.717, 1.165) is 29.7 Å². The van der Waals surface area contributed by atoms with Gasteiger partial charge in [-0.3, -0.25) is 4.68 Å². The normalized spacial score (nSPS) is 12.6. The number of pyridine rings is 1. The largest absolute Gasteiger partial charge is 0.478 e. The summed E-state index contributed by atoms with van der Waals surface area (Å²) in [6.07, 6.45) is 2.38. The molecule has 0 bridgehead atoms. The minimum absolute atomic E-state index is 0.237. The van der Waals surface area contributed by atoms with Crippen molar-refractivity contribution in [2.45, 2.75) is 40.2 Å². The lowest BCUT2D eigenvalue weighted by molar-refractivity contribution is 0.0697. The van der Waals surface area contributed by atoms with E-state index in [1.807, 2.05) is 20.9 Å². The van der Waals surface area contributed by atoms with Crippen LogP contribution in [0.2, 0.25) is 0 Å². The van der Waals surface area contributed by atoms with Crippen molar-refractivity contribution >= 4 is 22.7 Å². The van der Waals surface area contributed by atoms with Crippen LogP contribution in [0, 0.1) is 6.92 Å². The maximum absolute atomic E-state index is 11.6. The van der Waals surface area contributed by atoms with Crippen LogP contribution in [0.25, 0.3) is 11.0 Å². The Labute approximate surface area is 124 Å². The summed E-state index contributed by atoms with van der Waals surface area (Å²) in [5.74, 6) is -0.954. The number of carboxylic acid groups (broad SMARTS) is 1. The zero-order valence-corrected chi connectivity index (χ0v) is 13.2. The minimum Gasteiger partial charge on any atom is -0.478 e. The van der Waals surface area contributed by atoms with Gasteiger partial charge >= 0.3 is 5.97 Å². The fourth-order valence-corrected chi connectivity index (χ4v) is 2.76. The van der Waals surface area contributed by atoms with Gasteiger partial charge in [0.15, 0.2) is 5.65 Å². The number of rotatable bonds is 5. The number of fused-ring (bicyclic) bond motifs is 1. The highest BCUT2D eigenvalue weighted by Gasteiger charge is 2.25. The van der Waals surface area contributed by atoms with Crippen LogP contribution in [0.15, 0.2) is 6.20 Å². The van der Waals surface area contributed by atoms with Crippen LogP contribution in [0.5, 0.6) is 0 Å². The lowest BCUT2D eigenvalue weighted by Gasteiger charge is -2.31. The maximum Gasteiger partial charge on any atom is 0.339 e. The molecule has 0 saturated heterocycles. The van der Waals surface area contributed by atoms with Crippen molar-refractivity contribution in [3.63, 3.8) is 0 Å². The molecule has 1 atom stereocenters. The van der Waals surface area contributed by atoms with E-state index < -0.39 is 5.97 Å². The quantitative estimate of drug-likeness (QED) is 0.916. The molecule has 2 heterocycles. The molecule has 21 heavy (non-hydrogen) atoms. The van der Waals surface area contributed by atoms with Gasteiger partial charge in [-0.1, -0.05) is 6.92 Å². The van der Waals surface area contributed by atoms with Crippen LogP contribution in [-0.2, 0) is 7.05 Å².